The molecule has 31 heavy (non-hydrogen) atoms. The fourth-order valence-electron chi connectivity index (χ4n) is 4.05. The Kier molecular flexibility index (Phi) is 5.96. The number of nitrogens with two attached hydrogens (primary N) is 2. The monoisotopic (exact) mass is 432 g/mol. The van der Waals surface area contributed by atoms with Crippen LogP contribution in [0.2, 0.25) is 5.02 Å². The van der Waals surface area contributed by atoms with Crippen LogP contribution in [-0.4, -0.2) is 16.7 Å². The summed E-state index contributed by atoms with van der Waals surface area (Å²) < 4.78 is 0. The molecule has 1 saturated carbocycles. The molecule has 0 aliphatic heterocycles. The van der Waals surface area contributed by atoms with Gasteiger partial charge in [-0.25, -0.2) is 4.99 Å². The molecule has 1 aliphatic rings. The number of nitrogen functional groups attached to an aromatic ring is 1. The first-order valence-corrected chi connectivity index (χ1v) is 10.7. The molecule has 3 aromatic carbocycles. The van der Waals surface area contributed by atoms with Crippen molar-refractivity contribution in [2.45, 2.75) is 25.7 Å². The summed E-state index contributed by atoms with van der Waals surface area (Å²) in [5, 5.41) is 19.7. The second kappa shape index (κ2) is 8.82. The number of benzene rings is 3. The molecule has 0 atom stereocenters. The van der Waals surface area contributed by atoms with Crippen LogP contribution in [0.4, 0.5) is 11.4 Å². The molecule has 0 heterocycles. The van der Waals surface area contributed by atoms with Gasteiger partial charge in [0.05, 0.1) is 11.3 Å². The van der Waals surface area contributed by atoms with Crippen LogP contribution in [0.5, 0.6) is 5.75 Å². The number of aliphatic imine (C=N–C) groups is 1. The molecule has 1 aliphatic carbocycles. The van der Waals surface area contributed by atoms with Gasteiger partial charge in [0, 0.05) is 34.0 Å². The van der Waals surface area contributed by atoms with E-state index in [-0.39, 0.29) is 17.5 Å². The summed E-state index contributed by atoms with van der Waals surface area (Å²) in [6, 6.07) is 18.4. The second-order valence-electron chi connectivity index (χ2n) is 7.90. The van der Waals surface area contributed by atoms with Gasteiger partial charge in [-0.2, -0.15) is 0 Å². The predicted octanol–water partition coefficient (Wildman–Crippen LogP) is 5.89. The second-order valence-corrected chi connectivity index (χ2v) is 8.34. The third-order valence-corrected chi connectivity index (χ3v) is 6.04. The third kappa shape index (κ3) is 4.57. The zero-order chi connectivity index (χ0) is 22.0. The largest absolute Gasteiger partial charge is 0.507 e. The van der Waals surface area contributed by atoms with Gasteiger partial charge < -0.3 is 22.0 Å². The summed E-state index contributed by atoms with van der Waals surface area (Å²) in [7, 11) is 0. The molecule has 4 rings (SSSR count). The molecule has 0 amide bonds. The summed E-state index contributed by atoms with van der Waals surface area (Å²) in [4.78, 5) is 4.47. The maximum atomic E-state index is 10.4. The van der Waals surface area contributed by atoms with Crippen LogP contribution in [0.3, 0.4) is 0 Å². The van der Waals surface area contributed by atoms with Crippen molar-refractivity contribution in [3.63, 3.8) is 0 Å². The molecular weight excluding hydrogens is 408 g/mol. The Morgan fingerprint density at radius 3 is 2.13 bits per heavy atom. The van der Waals surface area contributed by atoms with Gasteiger partial charge in [0.1, 0.15) is 11.6 Å². The van der Waals surface area contributed by atoms with Crippen molar-refractivity contribution in [1.29, 1.82) is 5.41 Å². The summed E-state index contributed by atoms with van der Waals surface area (Å²) in [6.07, 6.45) is 4.26. The summed E-state index contributed by atoms with van der Waals surface area (Å²) in [6.45, 7) is 0. The van der Waals surface area contributed by atoms with Gasteiger partial charge in [0.15, 0.2) is 0 Å². The SMILES string of the molecule is N=C(c1cc(C(N)=Nc2ccc(-c3ccc(Cl)cc3)cc2)c(O)cc1N)C1CCCC1. The summed E-state index contributed by atoms with van der Waals surface area (Å²) in [5.74, 6) is 0.343. The van der Waals surface area contributed by atoms with Crippen molar-refractivity contribution in [2.24, 2.45) is 16.6 Å². The molecule has 6 heteroatoms. The van der Waals surface area contributed by atoms with E-state index >= 15 is 0 Å². The van der Waals surface area contributed by atoms with Gasteiger partial charge in [0.2, 0.25) is 0 Å². The Labute approximate surface area is 186 Å². The van der Waals surface area contributed by atoms with Crippen LogP contribution < -0.4 is 11.5 Å². The zero-order valence-corrected chi connectivity index (χ0v) is 17.9. The standard InChI is InChI=1S/C25H25ClN4O/c26-18-9-5-15(6-10-18)16-7-11-19(12-8-16)30-25(29)21-13-20(22(27)14-23(21)31)24(28)17-3-1-2-4-17/h5-14,17,28,31H,1-4,27H2,(H2,29,30). The van der Waals surface area contributed by atoms with E-state index in [1.165, 1.54) is 6.07 Å². The Hall–Kier alpha value is -3.31. The number of phenolic OH excluding ortho intramolecular Hbond substituents is 1. The van der Waals surface area contributed by atoms with Gasteiger partial charge in [-0.1, -0.05) is 48.7 Å². The minimum absolute atomic E-state index is 0.0421. The van der Waals surface area contributed by atoms with E-state index in [9.17, 15) is 5.11 Å². The van der Waals surface area contributed by atoms with Crippen LogP contribution in [0.1, 0.15) is 36.8 Å². The minimum Gasteiger partial charge on any atom is -0.507 e. The molecule has 1 fully saturated rings. The van der Waals surface area contributed by atoms with Crippen LogP contribution in [0.25, 0.3) is 11.1 Å². The summed E-state index contributed by atoms with van der Waals surface area (Å²) >= 11 is 5.96. The molecule has 6 N–H and O–H groups in total. The van der Waals surface area contributed by atoms with Gasteiger partial charge in [-0.05, 0) is 54.3 Å². The molecular formula is C25H25ClN4O. The van der Waals surface area contributed by atoms with E-state index in [1.807, 2.05) is 48.5 Å². The Bertz CT molecular complexity index is 1130. The van der Waals surface area contributed by atoms with Crippen LogP contribution >= 0.6 is 11.6 Å². The highest BCUT2D eigenvalue weighted by Gasteiger charge is 2.23. The van der Waals surface area contributed by atoms with Crippen molar-refractivity contribution in [3.8, 4) is 16.9 Å². The van der Waals surface area contributed by atoms with E-state index in [4.69, 9.17) is 28.5 Å². The average molecular weight is 433 g/mol. The maximum absolute atomic E-state index is 10.4. The lowest BCUT2D eigenvalue weighted by Gasteiger charge is -2.16. The van der Waals surface area contributed by atoms with Crippen LogP contribution in [0, 0.1) is 11.3 Å². The van der Waals surface area contributed by atoms with Gasteiger partial charge >= 0.3 is 0 Å². The molecule has 5 nitrogen and oxygen atoms in total. The van der Waals surface area contributed by atoms with Crippen molar-refractivity contribution >= 4 is 34.5 Å². The number of halogens is 1. The molecule has 158 valence electrons. The quantitative estimate of drug-likeness (QED) is 0.229. The smallest absolute Gasteiger partial charge is 0.135 e. The lowest BCUT2D eigenvalue weighted by molar-refractivity contribution is 0.474. The lowest BCUT2D eigenvalue weighted by atomic mass is 9.92. The maximum Gasteiger partial charge on any atom is 0.135 e. The molecule has 0 aromatic heterocycles. The van der Waals surface area contributed by atoms with Gasteiger partial charge in [-0.3, -0.25) is 0 Å². The normalized spacial score (nSPS) is 14.7. The number of amidine groups is 1. The Balaban J connectivity index is 1.61. The van der Waals surface area contributed by atoms with Crippen molar-refractivity contribution in [1.82, 2.24) is 0 Å². The van der Waals surface area contributed by atoms with Gasteiger partial charge in [0.25, 0.3) is 0 Å². The molecule has 0 bridgehead atoms. The third-order valence-electron chi connectivity index (χ3n) is 5.79. The van der Waals surface area contributed by atoms with E-state index in [0.29, 0.717) is 33.2 Å². The fraction of sp³-hybridized carbons (Fsp3) is 0.200. The first-order valence-electron chi connectivity index (χ1n) is 10.3. The number of phenols is 1. The first-order chi connectivity index (χ1) is 14.9. The first kappa shape index (κ1) is 20.9. The van der Waals surface area contributed by atoms with Gasteiger partial charge in [-0.15, -0.1) is 0 Å². The zero-order valence-electron chi connectivity index (χ0n) is 17.1. The highest BCUT2D eigenvalue weighted by atomic mass is 35.5. The van der Waals surface area contributed by atoms with E-state index in [2.05, 4.69) is 4.99 Å². The van der Waals surface area contributed by atoms with Crippen molar-refractivity contribution in [2.75, 3.05) is 5.73 Å². The molecule has 3 aromatic rings. The molecule has 0 radical (unpaired) electrons. The van der Waals surface area contributed by atoms with Crippen molar-refractivity contribution < 1.29 is 5.11 Å². The van der Waals surface area contributed by atoms with Crippen LogP contribution in [-0.2, 0) is 0 Å². The highest BCUT2D eigenvalue weighted by Crippen LogP contribution is 2.33. The predicted molar refractivity (Wildman–Crippen MR) is 129 cm³/mol. The Morgan fingerprint density at radius 2 is 1.52 bits per heavy atom. The number of anilines is 1. The summed E-state index contributed by atoms with van der Waals surface area (Å²) in [5.41, 5.74) is 17.0. The number of nitrogens with zero attached hydrogens (tertiary/aromatic N) is 1. The Morgan fingerprint density at radius 1 is 0.935 bits per heavy atom. The van der Waals surface area contributed by atoms with Crippen molar-refractivity contribution in [3.05, 3.63) is 76.8 Å². The fourth-order valence-corrected chi connectivity index (χ4v) is 4.17. The molecule has 0 spiro atoms. The number of hydrogen-bond donors (Lipinski definition) is 4. The van der Waals surface area contributed by atoms with E-state index < -0.39 is 0 Å². The average Bonchev–Trinajstić information content (AvgIpc) is 3.29. The van der Waals surface area contributed by atoms with E-state index in [0.717, 1.165) is 36.8 Å². The minimum atomic E-state index is -0.0421. The highest BCUT2D eigenvalue weighted by molar-refractivity contribution is 6.30. The van der Waals surface area contributed by atoms with Crippen LogP contribution in [0.15, 0.2) is 65.7 Å². The number of hydrogen-bond acceptors (Lipinski definition) is 4. The van der Waals surface area contributed by atoms with E-state index in [1.54, 1.807) is 6.07 Å². The molecule has 0 unspecified atom stereocenters. The number of nitrogens with one attached hydrogen (secondary N) is 1. The lowest BCUT2D eigenvalue weighted by Crippen LogP contribution is -2.17. The number of rotatable bonds is 5. The number of aromatic hydroxyl groups is 1. The topological polar surface area (TPSA) is 108 Å². The molecule has 0 saturated heterocycles.